The highest BCUT2D eigenvalue weighted by atomic mass is 16.2. The number of benzene rings is 1. The van der Waals surface area contributed by atoms with Crippen LogP contribution < -0.4 is 10.2 Å². The Kier molecular flexibility index (Phi) is 9.36. The lowest BCUT2D eigenvalue weighted by molar-refractivity contribution is -0.121. The molecule has 0 bridgehead atoms. The molecule has 0 aliphatic carbocycles. The minimum atomic E-state index is -0.758. The van der Waals surface area contributed by atoms with Gasteiger partial charge in [-0.1, -0.05) is 0 Å². The number of carbonyl (C=O) groups is 5. The second-order valence-electron chi connectivity index (χ2n) is 9.12. The van der Waals surface area contributed by atoms with E-state index in [9.17, 15) is 24.0 Å². The van der Waals surface area contributed by atoms with Crippen LogP contribution in [-0.4, -0.2) is 111 Å². The Labute approximate surface area is 206 Å². The van der Waals surface area contributed by atoms with E-state index in [0.717, 1.165) is 64.2 Å². The Hall–Kier alpha value is -3.27. The molecule has 10 nitrogen and oxygen atoms in total. The molecule has 3 rings (SSSR count). The zero-order chi connectivity index (χ0) is 25.4. The van der Waals surface area contributed by atoms with Crippen molar-refractivity contribution in [1.82, 2.24) is 20.0 Å². The number of likely N-dealkylation sites (N-methyl/N-ethyl adjacent to an activating group) is 1. The standard InChI is InChI=1S/C25H35N5O5/c1-26-24(34)6-4-22(17-32)27(2)25(35)23-5-3-21(15-19(23)16-31)29-9-7-20(8-10-29)30-13-11-28(18-33)12-14-30/h3,5,15-18,20,22H,4,6-14H2,1-2H3,(H,26,34). The largest absolute Gasteiger partial charge is 0.371 e. The second kappa shape index (κ2) is 12.4. The molecule has 190 valence electrons. The highest BCUT2D eigenvalue weighted by molar-refractivity contribution is 6.02. The summed E-state index contributed by atoms with van der Waals surface area (Å²) in [5, 5.41) is 2.50. The average Bonchev–Trinajstić information content (AvgIpc) is 2.92. The lowest BCUT2D eigenvalue weighted by Crippen LogP contribution is -2.52. The molecule has 1 atom stereocenters. The Balaban J connectivity index is 1.62. The Morgan fingerprint density at radius 2 is 1.77 bits per heavy atom. The van der Waals surface area contributed by atoms with Gasteiger partial charge in [-0.3, -0.25) is 24.1 Å². The Morgan fingerprint density at radius 1 is 1.09 bits per heavy atom. The molecule has 1 N–H and O–H groups in total. The molecule has 1 aromatic carbocycles. The molecule has 1 aromatic rings. The molecule has 0 saturated carbocycles. The maximum atomic E-state index is 13.1. The normalized spacial score (nSPS) is 18.0. The van der Waals surface area contributed by atoms with Crippen LogP contribution in [0.5, 0.6) is 0 Å². The van der Waals surface area contributed by atoms with Gasteiger partial charge in [-0.25, -0.2) is 0 Å². The molecule has 0 spiro atoms. The summed E-state index contributed by atoms with van der Waals surface area (Å²) in [5.74, 6) is -0.636. The molecule has 0 aromatic heterocycles. The SMILES string of the molecule is CNC(=O)CCC(C=O)N(C)C(=O)c1ccc(N2CCC(N3CCN(C=O)CC3)CC2)cc1C=O. The summed E-state index contributed by atoms with van der Waals surface area (Å²) in [7, 11) is 3.02. The lowest BCUT2D eigenvalue weighted by Gasteiger charge is -2.42. The van der Waals surface area contributed by atoms with Crippen LogP contribution in [0.15, 0.2) is 18.2 Å². The van der Waals surface area contributed by atoms with Gasteiger partial charge in [-0.05, 0) is 37.5 Å². The molecule has 10 heteroatoms. The number of carbonyl (C=O) groups excluding carboxylic acids is 5. The number of hydrogen-bond donors (Lipinski definition) is 1. The number of rotatable bonds is 10. The van der Waals surface area contributed by atoms with Crippen molar-refractivity contribution in [2.75, 3.05) is 58.3 Å². The van der Waals surface area contributed by atoms with E-state index in [-0.39, 0.29) is 29.9 Å². The van der Waals surface area contributed by atoms with Gasteiger partial charge in [0.05, 0.1) is 11.6 Å². The van der Waals surface area contributed by atoms with E-state index in [2.05, 4.69) is 15.1 Å². The van der Waals surface area contributed by atoms with Crippen molar-refractivity contribution in [1.29, 1.82) is 0 Å². The number of piperidine rings is 1. The summed E-state index contributed by atoms with van der Waals surface area (Å²) in [4.78, 5) is 66.7. The van der Waals surface area contributed by atoms with E-state index >= 15 is 0 Å². The van der Waals surface area contributed by atoms with E-state index in [0.29, 0.717) is 18.6 Å². The number of anilines is 1. The van der Waals surface area contributed by atoms with E-state index in [1.54, 1.807) is 12.1 Å². The molecule has 1 unspecified atom stereocenters. The van der Waals surface area contributed by atoms with Crippen LogP contribution in [0.4, 0.5) is 5.69 Å². The first-order valence-electron chi connectivity index (χ1n) is 12.1. The van der Waals surface area contributed by atoms with Crippen molar-refractivity contribution in [3.8, 4) is 0 Å². The molecular weight excluding hydrogens is 450 g/mol. The summed E-state index contributed by atoms with van der Waals surface area (Å²) in [6.45, 7) is 5.02. The van der Waals surface area contributed by atoms with Crippen molar-refractivity contribution in [2.45, 2.75) is 37.8 Å². The molecular formula is C25H35N5O5. The first kappa shape index (κ1) is 26.3. The van der Waals surface area contributed by atoms with Gasteiger partial charge in [0.1, 0.15) is 6.29 Å². The molecule has 0 radical (unpaired) electrons. The fourth-order valence-corrected chi connectivity index (χ4v) is 4.83. The molecule has 3 amide bonds. The van der Waals surface area contributed by atoms with Gasteiger partial charge < -0.3 is 24.8 Å². The third-order valence-corrected chi connectivity index (χ3v) is 7.16. The summed E-state index contributed by atoms with van der Waals surface area (Å²) >= 11 is 0. The van der Waals surface area contributed by atoms with Crippen LogP contribution in [0.25, 0.3) is 0 Å². The van der Waals surface area contributed by atoms with Gasteiger partial charge in [-0.2, -0.15) is 0 Å². The summed E-state index contributed by atoms with van der Waals surface area (Å²) in [6, 6.07) is 4.94. The first-order chi connectivity index (χ1) is 16.9. The highest BCUT2D eigenvalue weighted by Gasteiger charge is 2.28. The third-order valence-electron chi connectivity index (χ3n) is 7.16. The predicted octanol–water partition coefficient (Wildman–Crippen LogP) is 0.408. The summed E-state index contributed by atoms with van der Waals surface area (Å²) in [5.41, 5.74) is 1.41. The Bertz CT molecular complexity index is 923. The third kappa shape index (κ3) is 6.45. The molecule has 2 aliphatic heterocycles. The average molecular weight is 486 g/mol. The zero-order valence-electron chi connectivity index (χ0n) is 20.5. The molecule has 2 saturated heterocycles. The van der Waals surface area contributed by atoms with E-state index in [1.165, 1.54) is 19.0 Å². The van der Waals surface area contributed by atoms with Crippen molar-refractivity contribution >= 4 is 36.5 Å². The quantitative estimate of drug-likeness (QED) is 0.478. The van der Waals surface area contributed by atoms with E-state index in [4.69, 9.17) is 0 Å². The van der Waals surface area contributed by atoms with Crippen LogP contribution in [-0.2, 0) is 14.4 Å². The molecule has 2 heterocycles. The van der Waals surface area contributed by atoms with Crippen LogP contribution in [0.2, 0.25) is 0 Å². The van der Waals surface area contributed by atoms with Crippen molar-refractivity contribution in [2.24, 2.45) is 0 Å². The summed E-state index contributed by atoms with van der Waals surface area (Å²) in [6.07, 6.45) is 4.56. The number of nitrogens with one attached hydrogen (secondary N) is 1. The first-order valence-corrected chi connectivity index (χ1v) is 12.1. The second-order valence-corrected chi connectivity index (χ2v) is 9.12. The minimum Gasteiger partial charge on any atom is -0.371 e. The van der Waals surface area contributed by atoms with Gasteiger partial charge in [0, 0.05) is 77.1 Å². The topological polar surface area (TPSA) is 110 Å². The van der Waals surface area contributed by atoms with Crippen LogP contribution in [0.1, 0.15) is 46.4 Å². The van der Waals surface area contributed by atoms with Gasteiger partial charge in [0.15, 0.2) is 6.29 Å². The fourth-order valence-electron chi connectivity index (χ4n) is 4.83. The predicted molar refractivity (Wildman–Crippen MR) is 132 cm³/mol. The number of amides is 3. The van der Waals surface area contributed by atoms with Crippen molar-refractivity contribution in [3.05, 3.63) is 29.3 Å². The number of nitrogens with zero attached hydrogens (tertiary/aromatic N) is 4. The van der Waals surface area contributed by atoms with Gasteiger partial charge in [0.2, 0.25) is 12.3 Å². The number of piperazine rings is 1. The molecule has 2 fully saturated rings. The van der Waals surface area contributed by atoms with Crippen molar-refractivity contribution in [3.63, 3.8) is 0 Å². The molecule has 2 aliphatic rings. The fraction of sp³-hybridized carbons (Fsp3) is 0.560. The lowest BCUT2D eigenvalue weighted by atomic mass is 10.00. The van der Waals surface area contributed by atoms with Gasteiger partial charge in [0.25, 0.3) is 5.91 Å². The number of hydrogen-bond acceptors (Lipinski definition) is 7. The summed E-state index contributed by atoms with van der Waals surface area (Å²) < 4.78 is 0. The van der Waals surface area contributed by atoms with E-state index < -0.39 is 11.9 Å². The highest BCUT2D eigenvalue weighted by Crippen LogP contribution is 2.26. The van der Waals surface area contributed by atoms with Gasteiger partial charge in [-0.15, -0.1) is 0 Å². The smallest absolute Gasteiger partial charge is 0.254 e. The maximum absolute atomic E-state index is 13.1. The molecule has 35 heavy (non-hydrogen) atoms. The van der Waals surface area contributed by atoms with Crippen LogP contribution >= 0.6 is 0 Å². The monoisotopic (exact) mass is 485 g/mol. The van der Waals surface area contributed by atoms with E-state index in [1.807, 2.05) is 11.0 Å². The number of aldehydes is 2. The van der Waals surface area contributed by atoms with Crippen LogP contribution in [0.3, 0.4) is 0 Å². The zero-order valence-corrected chi connectivity index (χ0v) is 20.5. The Morgan fingerprint density at radius 3 is 2.34 bits per heavy atom. The van der Waals surface area contributed by atoms with Gasteiger partial charge >= 0.3 is 0 Å². The van der Waals surface area contributed by atoms with Crippen LogP contribution in [0, 0.1) is 0 Å². The maximum Gasteiger partial charge on any atom is 0.254 e. The van der Waals surface area contributed by atoms with Crippen molar-refractivity contribution < 1.29 is 24.0 Å². The minimum absolute atomic E-state index is 0.125.